The van der Waals surface area contributed by atoms with Gasteiger partial charge in [-0.25, -0.2) is 4.98 Å². The molecule has 0 radical (unpaired) electrons. The van der Waals surface area contributed by atoms with Gasteiger partial charge in [0.15, 0.2) is 0 Å². The number of pyridine rings is 1. The molecule has 0 aliphatic carbocycles. The number of nitrogens with one attached hydrogen (secondary N) is 1. The van der Waals surface area contributed by atoms with Gasteiger partial charge in [0.05, 0.1) is 17.2 Å². The Hall–Kier alpha value is -2.13. The Balaban J connectivity index is 2.05. The van der Waals surface area contributed by atoms with Crippen molar-refractivity contribution in [2.75, 3.05) is 31.1 Å². The van der Waals surface area contributed by atoms with E-state index >= 15 is 0 Å². The van der Waals surface area contributed by atoms with Crippen molar-refractivity contribution in [3.05, 3.63) is 23.4 Å². The van der Waals surface area contributed by atoms with Crippen molar-refractivity contribution in [2.45, 2.75) is 19.8 Å². The maximum atomic E-state index is 12.0. The normalized spacial score (nSPS) is 18.1. The summed E-state index contributed by atoms with van der Waals surface area (Å²) in [4.78, 5) is 18.6. The predicted octanol–water partition coefficient (Wildman–Crippen LogP) is 0.553. The zero-order valence-electron chi connectivity index (χ0n) is 12.3. The predicted molar refractivity (Wildman–Crippen MR) is 80.7 cm³/mol. The monoisotopic (exact) mass is 287 g/mol. The molecular weight excluding hydrogens is 266 g/mol. The van der Waals surface area contributed by atoms with Gasteiger partial charge in [-0.15, -0.1) is 0 Å². The lowest BCUT2D eigenvalue weighted by Gasteiger charge is -2.33. The highest BCUT2D eigenvalue weighted by atomic mass is 16.1. The van der Waals surface area contributed by atoms with Crippen LogP contribution in [0.5, 0.6) is 0 Å². The lowest BCUT2D eigenvalue weighted by Crippen LogP contribution is -2.44. The summed E-state index contributed by atoms with van der Waals surface area (Å²) in [6.07, 6.45) is 1.85. The quantitative estimate of drug-likeness (QED) is 0.843. The summed E-state index contributed by atoms with van der Waals surface area (Å²) < 4.78 is 0. The molecule has 3 N–H and O–H groups in total. The molecule has 0 aromatic carbocycles. The highest BCUT2D eigenvalue weighted by molar-refractivity contribution is 5.79. The summed E-state index contributed by atoms with van der Waals surface area (Å²) in [6.45, 7) is 4.35. The Morgan fingerprint density at radius 2 is 2.43 bits per heavy atom. The number of nitrogens with zero attached hydrogens (tertiary/aromatic N) is 3. The molecule has 0 bridgehead atoms. The van der Waals surface area contributed by atoms with Crippen molar-refractivity contribution in [3.63, 3.8) is 0 Å². The topological polar surface area (TPSA) is 95.0 Å². The summed E-state index contributed by atoms with van der Waals surface area (Å²) in [5.74, 6) is 0.876. The van der Waals surface area contributed by atoms with Crippen molar-refractivity contribution < 1.29 is 4.79 Å². The highest BCUT2D eigenvalue weighted by Crippen LogP contribution is 2.22. The highest BCUT2D eigenvalue weighted by Gasteiger charge is 2.26. The molecule has 1 amide bonds. The van der Waals surface area contributed by atoms with Crippen LogP contribution in [0.3, 0.4) is 0 Å². The fraction of sp³-hybridized carbons (Fsp3) is 0.533. The van der Waals surface area contributed by atoms with E-state index in [-0.39, 0.29) is 11.8 Å². The van der Waals surface area contributed by atoms with Crippen LogP contribution < -0.4 is 16.0 Å². The number of aromatic nitrogens is 1. The molecule has 21 heavy (non-hydrogen) atoms. The first-order valence-corrected chi connectivity index (χ1v) is 7.26. The number of anilines is 1. The van der Waals surface area contributed by atoms with E-state index in [0.717, 1.165) is 30.9 Å². The van der Waals surface area contributed by atoms with Crippen LogP contribution in [0.25, 0.3) is 0 Å². The van der Waals surface area contributed by atoms with Crippen molar-refractivity contribution >= 4 is 11.7 Å². The minimum Gasteiger partial charge on any atom is -0.356 e. The first-order valence-electron chi connectivity index (χ1n) is 7.26. The van der Waals surface area contributed by atoms with E-state index in [2.05, 4.69) is 21.3 Å². The number of rotatable bonds is 4. The Labute approximate surface area is 124 Å². The van der Waals surface area contributed by atoms with Crippen LogP contribution in [0.15, 0.2) is 12.1 Å². The molecule has 1 atom stereocenters. The van der Waals surface area contributed by atoms with Crippen LogP contribution >= 0.6 is 0 Å². The molecule has 0 saturated carbocycles. The zero-order valence-corrected chi connectivity index (χ0v) is 12.3. The lowest BCUT2D eigenvalue weighted by molar-refractivity contribution is -0.125. The second-order valence-electron chi connectivity index (χ2n) is 5.28. The maximum absolute atomic E-state index is 12.0. The Kier molecular flexibility index (Phi) is 5.12. The van der Waals surface area contributed by atoms with Crippen LogP contribution in [-0.2, 0) is 4.79 Å². The van der Waals surface area contributed by atoms with E-state index in [4.69, 9.17) is 11.0 Å². The van der Waals surface area contributed by atoms with E-state index in [1.165, 1.54) is 0 Å². The SMILES string of the molecule is Cc1nc(N2CCCC(C(=O)NCCN)C2)ccc1C#N. The molecule has 0 spiro atoms. The van der Waals surface area contributed by atoms with Gasteiger partial charge in [0.25, 0.3) is 0 Å². The number of nitrogens with two attached hydrogens (primary N) is 1. The minimum atomic E-state index is -0.0250. The van der Waals surface area contributed by atoms with Crippen LogP contribution in [0.1, 0.15) is 24.1 Å². The summed E-state index contributed by atoms with van der Waals surface area (Å²) in [7, 11) is 0. The average Bonchev–Trinajstić information content (AvgIpc) is 2.52. The molecule has 1 fully saturated rings. The number of carbonyl (C=O) groups excluding carboxylic acids is 1. The second kappa shape index (κ2) is 7.04. The van der Waals surface area contributed by atoms with Gasteiger partial charge in [-0.3, -0.25) is 4.79 Å². The number of hydrogen-bond acceptors (Lipinski definition) is 5. The number of nitriles is 1. The molecule has 1 aromatic heterocycles. The van der Waals surface area contributed by atoms with Crippen molar-refractivity contribution in [1.82, 2.24) is 10.3 Å². The third-order valence-electron chi connectivity index (χ3n) is 3.75. The van der Waals surface area contributed by atoms with Crippen LogP contribution in [-0.4, -0.2) is 37.1 Å². The fourth-order valence-corrected chi connectivity index (χ4v) is 2.58. The van der Waals surface area contributed by atoms with E-state index in [9.17, 15) is 4.79 Å². The molecule has 112 valence electrons. The third kappa shape index (κ3) is 3.70. The van der Waals surface area contributed by atoms with Crippen molar-refractivity contribution in [3.8, 4) is 6.07 Å². The van der Waals surface area contributed by atoms with Gasteiger partial charge < -0.3 is 16.0 Å². The molecular formula is C15H21N5O. The van der Waals surface area contributed by atoms with Gasteiger partial charge in [0, 0.05) is 26.2 Å². The summed E-state index contributed by atoms with van der Waals surface area (Å²) in [5.41, 5.74) is 6.72. The smallest absolute Gasteiger partial charge is 0.224 e. The molecule has 6 heteroatoms. The van der Waals surface area contributed by atoms with Crippen molar-refractivity contribution in [1.29, 1.82) is 5.26 Å². The second-order valence-corrected chi connectivity index (χ2v) is 5.28. The first kappa shape index (κ1) is 15.3. The average molecular weight is 287 g/mol. The van der Waals surface area contributed by atoms with Gasteiger partial charge >= 0.3 is 0 Å². The van der Waals surface area contributed by atoms with Crippen molar-refractivity contribution in [2.24, 2.45) is 11.7 Å². The Bertz CT molecular complexity index is 551. The number of piperidine rings is 1. The number of aryl methyl sites for hydroxylation is 1. The summed E-state index contributed by atoms with van der Waals surface area (Å²) in [5, 5.41) is 11.8. The Morgan fingerprint density at radius 1 is 1.62 bits per heavy atom. The summed E-state index contributed by atoms with van der Waals surface area (Å²) in [6, 6.07) is 5.76. The number of carbonyl (C=O) groups is 1. The van der Waals surface area contributed by atoms with E-state index in [1.807, 2.05) is 13.0 Å². The van der Waals surface area contributed by atoms with Crippen LogP contribution in [0.4, 0.5) is 5.82 Å². The van der Waals surface area contributed by atoms with Gasteiger partial charge in [-0.05, 0) is 31.9 Å². The lowest BCUT2D eigenvalue weighted by atomic mass is 9.97. The zero-order chi connectivity index (χ0) is 15.2. The fourth-order valence-electron chi connectivity index (χ4n) is 2.58. The largest absolute Gasteiger partial charge is 0.356 e. The molecule has 1 aliphatic heterocycles. The maximum Gasteiger partial charge on any atom is 0.224 e. The van der Waals surface area contributed by atoms with Crippen LogP contribution in [0, 0.1) is 24.2 Å². The van der Waals surface area contributed by atoms with Gasteiger partial charge in [0.1, 0.15) is 11.9 Å². The standard InChI is InChI=1S/C15H21N5O/c1-11-12(9-17)4-5-14(19-11)20-8-2-3-13(10-20)15(21)18-7-6-16/h4-5,13H,2-3,6-8,10,16H2,1H3,(H,18,21). The molecule has 6 nitrogen and oxygen atoms in total. The van der Waals surface area contributed by atoms with Gasteiger partial charge in [-0.1, -0.05) is 0 Å². The summed E-state index contributed by atoms with van der Waals surface area (Å²) >= 11 is 0. The third-order valence-corrected chi connectivity index (χ3v) is 3.75. The first-order chi connectivity index (χ1) is 10.2. The number of amides is 1. The van der Waals surface area contributed by atoms with Gasteiger partial charge in [-0.2, -0.15) is 5.26 Å². The van der Waals surface area contributed by atoms with E-state index in [1.54, 1.807) is 6.07 Å². The minimum absolute atomic E-state index is 0.0250. The van der Waals surface area contributed by atoms with E-state index < -0.39 is 0 Å². The molecule has 1 aliphatic rings. The molecule has 2 heterocycles. The molecule has 1 saturated heterocycles. The van der Waals surface area contributed by atoms with Gasteiger partial charge in [0.2, 0.25) is 5.91 Å². The van der Waals surface area contributed by atoms with E-state index in [0.29, 0.717) is 25.2 Å². The molecule has 2 rings (SSSR count). The molecule has 1 aromatic rings. The Morgan fingerprint density at radius 3 is 3.10 bits per heavy atom. The number of hydrogen-bond donors (Lipinski definition) is 2. The molecule has 1 unspecified atom stereocenters. The van der Waals surface area contributed by atoms with Crippen LogP contribution in [0.2, 0.25) is 0 Å².